The number of hydrogen-bond donors (Lipinski definition) is 1. The smallest absolute Gasteiger partial charge is 0.312 e. The van der Waals surface area contributed by atoms with Crippen LogP contribution in [0, 0.1) is 16.0 Å². The number of nitrogens with zero attached hydrogens (tertiary/aromatic N) is 3. The Morgan fingerprint density at radius 3 is 3.00 bits per heavy atom. The Labute approximate surface area is 126 Å². The monoisotopic (exact) mass is 342 g/mol. The van der Waals surface area contributed by atoms with Gasteiger partial charge >= 0.3 is 5.69 Å². The molecule has 1 aliphatic heterocycles. The normalized spacial score (nSPS) is 22.9. The lowest BCUT2D eigenvalue weighted by Crippen LogP contribution is -2.47. The van der Waals surface area contributed by atoms with Crippen molar-refractivity contribution in [1.29, 1.82) is 0 Å². The molecule has 2 heterocycles. The number of nitrogens with two attached hydrogens (primary N) is 1. The second-order valence-corrected chi connectivity index (χ2v) is 6.05. The Hall–Kier alpha value is -1.21. The summed E-state index contributed by atoms with van der Waals surface area (Å²) in [7, 11) is 0. The standard InChI is InChI=1S/C13H19BrN4O2/c1-2-9-3-4-17(11(5-9)7-15)13-12(18(19)20)6-10(14)8-16-13/h6,8-9,11H,2-5,7,15H2,1H3. The van der Waals surface area contributed by atoms with E-state index in [0.717, 1.165) is 25.8 Å². The number of pyridine rings is 1. The second kappa shape index (κ2) is 6.49. The number of halogens is 1. The van der Waals surface area contributed by atoms with E-state index in [1.165, 1.54) is 6.07 Å². The van der Waals surface area contributed by atoms with Crippen LogP contribution in [-0.2, 0) is 0 Å². The molecule has 1 fully saturated rings. The van der Waals surface area contributed by atoms with Crippen molar-refractivity contribution >= 4 is 27.4 Å². The third-order valence-electron chi connectivity index (χ3n) is 3.96. The first-order chi connectivity index (χ1) is 9.56. The zero-order valence-electron chi connectivity index (χ0n) is 11.5. The average molecular weight is 343 g/mol. The summed E-state index contributed by atoms with van der Waals surface area (Å²) < 4.78 is 0.612. The maximum absolute atomic E-state index is 11.2. The highest BCUT2D eigenvalue weighted by molar-refractivity contribution is 9.10. The molecule has 1 aromatic heterocycles. The predicted molar refractivity (Wildman–Crippen MR) is 81.8 cm³/mol. The van der Waals surface area contributed by atoms with Gasteiger partial charge in [0.25, 0.3) is 0 Å². The molecule has 2 rings (SSSR count). The van der Waals surface area contributed by atoms with Gasteiger partial charge in [-0.05, 0) is 34.7 Å². The van der Waals surface area contributed by atoms with Gasteiger partial charge in [0.05, 0.1) is 4.92 Å². The molecule has 0 aromatic carbocycles. The fourth-order valence-corrected chi connectivity index (χ4v) is 3.10. The van der Waals surface area contributed by atoms with Crippen LogP contribution in [0.2, 0.25) is 0 Å². The summed E-state index contributed by atoms with van der Waals surface area (Å²) in [5, 5.41) is 11.2. The van der Waals surface area contributed by atoms with Crippen LogP contribution in [0.5, 0.6) is 0 Å². The van der Waals surface area contributed by atoms with E-state index in [1.807, 2.05) is 4.90 Å². The van der Waals surface area contributed by atoms with Crippen LogP contribution >= 0.6 is 15.9 Å². The van der Waals surface area contributed by atoms with Crippen molar-refractivity contribution in [1.82, 2.24) is 4.98 Å². The van der Waals surface area contributed by atoms with Crippen LogP contribution < -0.4 is 10.6 Å². The van der Waals surface area contributed by atoms with Crippen molar-refractivity contribution in [2.24, 2.45) is 11.7 Å². The van der Waals surface area contributed by atoms with E-state index in [2.05, 4.69) is 27.8 Å². The van der Waals surface area contributed by atoms with E-state index in [-0.39, 0.29) is 16.7 Å². The van der Waals surface area contributed by atoms with Gasteiger partial charge in [-0.25, -0.2) is 4.98 Å². The topological polar surface area (TPSA) is 85.3 Å². The zero-order chi connectivity index (χ0) is 14.7. The van der Waals surface area contributed by atoms with Crippen LogP contribution in [0.25, 0.3) is 0 Å². The first-order valence-corrected chi connectivity index (χ1v) is 7.62. The molecule has 2 N–H and O–H groups in total. The molecule has 1 aliphatic rings. The van der Waals surface area contributed by atoms with E-state index < -0.39 is 0 Å². The summed E-state index contributed by atoms with van der Waals surface area (Å²) in [4.78, 5) is 17.1. The van der Waals surface area contributed by atoms with Crippen LogP contribution in [0.4, 0.5) is 11.5 Å². The quantitative estimate of drug-likeness (QED) is 0.671. The largest absolute Gasteiger partial charge is 0.347 e. The first-order valence-electron chi connectivity index (χ1n) is 6.83. The lowest BCUT2D eigenvalue weighted by molar-refractivity contribution is -0.384. The van der Waals surface area contributed by atoms with Crippen molar-refractivity contribution in [3.8, 4) is 0 Å². The molecule has 0 radical (unpaired) electrons. The summed E-state index contributed by atoms with van der Waals surface area (Å²) in [5.41, 5.74) is 5.89. The van der Waals surface area contributed by atoms with Gasteiger partial charge < -0.3 is 10.6 Å². The number of piperidine rings is 1. The number of hydrogen-bond acceptors (Lipinski definition) is 5. The third-order valence-corrected chi connectivity index (χ3v) is 4.39. The van der Waals surface area contributed by atoms with Crippen LogP contribution in [0.3, 0.4) is 0 Å². The summed E-state index contributed by atoms with van der Waals surface area (Å²) in [5.74, 6) is 1.08. The molecule has 2 unspecified atom stereocenters. The molecule has 0 bridgehead atoms. The lowest BCUT2D eigenvalue weighted by atomic mass is 9.89. The minimum absolute atomic E-state index is 0.0350. The van der Waals surface area contributed by atoms with Crippen molar-refractivity contribution in [3.05, 3.63) is 26.9 Å². The van der Waals surface area contributed by atoms with Gasteiger partial charge in [-0.3, -0.25) is 10.1 Å². The molecular weight excluding hydrogens is 324 g/mol. The predicted octanol–water partition coefficient (Wildman–Crippen LogP) is 2.71. The fraction of sp³-hybridized carbons (Fsp3) is 0.615. The van der Waals surface area contributed by atoms with Crippen LogP contribution in [-0.4, -0.2) is 29.0 Å². The molecule has 1 saturated heterocycles. The van der Waals surface area contributed by atoms with Gasteiger partial charge in [-0.1, -0.05) is 13.3 Å². The Bertz CT molecular complexity index is 497. The number of nitro groups is 1. The number of rotatable bonds is 4. The maximum atomic E-state index is 11.2. The van der Waals surface area contributed by atoms with Crippen LogP contribution in [0.1, 0.15) is 26.2 Å². The van der Waals surface area contributed by atoms with E-state index in [0.29, 0.717) is 22.8 Å². The summed E-state index contributed by atoms with van der Waals surface area (Å²) in [6.45, 7) is 3.44. The zero-order valence-corrected chi connectivity index (χ0v) is 13.0. The van der Waals surface area contributed by atoms with Crippen molar-refractivity contribution < 1.29 is 4.92 Å². The first kappa shape index (κ1) is 15.2. The van der Waals surface area contributed by atoms with Gasteiger partial charge in [0.15, 0.2) is 0 Å². The minimum atomic E-state index is -0.382. The van der Waals surface area contributed by atoms with Gasteiger partial charge in [0.1, 0.15) is 0 Å². The fourth-order valence-electron chi connectivity index (χ4n) is 2.78. The Morgan fingerprint density at radius 2 is 2.40 bits per heavy atom. The van der Waals surface area contributed by atoms with Crippen molar-refractivity contribution in [3.63, 3.8) is 0 Å². The number of anilines is 1. The molecule has 20 heavy (non-hydrogen) atoms. The van der Waals surface area contributed by atoms with E-state index in [9.17, 15) is 10.1 Å². The molecule has 6 nitrogen and oxygen atoms in total. The molecule has 110 valence electrons. The highest BCUT2D eigenvalue weighted by Crippen LogP contribution is 2.34. The summed E-state index contributed by atoms with van der Waals surface area (Å²) in [6, 6.07) is 1.63. The lowest BCUT2D eigenvalue weighted by Gasteiger charge is -2.39. The third kappa shape index (κ3) is 3.09. The molecule has 0 saturated carbocycles. The van der Waals surface area contributed by atoms with E-state index >= 15 is 0 Å². The molecule has 0 amide bonds. The molecule has 1 aromatic rings. The molecule has 0 spiro atoms. The second-order valence-electron chi connectivity index (χ2n) is 5.13. The van der Waals surface area contributed by atoms with Gasteiger partial charge in [0, 0.05) is 35.9 Å². The van der Waals surface area contributed by atoms with E-state index in [1.54, 1.807) is 6.20 Å². The van der Waals surface area contributed by atoms with Gasteiger partial charge in [-0.2, -0.15) is 0 Å². The van der Waals surface area contributed by atoms with Gasteiger partial charge in [-0.15, -0.1) is 0 Å². The average Bonchev–Trinajstić information content (AvgIpc) is 2.46. The Balaban J connectivity index is 2.33. The molecule has 2 atom stereocenters. The highest BCUT2D eigenvalue weighted by atomic mass is 79.9. The molecule has 7 heteroatoms. The number of aromatic nitrogens is 1. The summed E-state index contributed by atoms with van der Waals surface area (Å²) in [6.07, 6.45) is 4.73. The van der Waals surface area contributed by atoms with Crippen molar-refractivity contribution in [2.75, 3.05) is 18.0 Å². The Morgan fingerprint density at radius 1 is 1.65 bits per heavy atom. The van der Waals surface area contributed by atoms with Crippen LogP contribution in [0.15, 0.2) is 16.7 Å². The highest BCUT2D eigenvalue weighted by Gasteiger charge is 2.31. The Kier molecular flexibility index (Phi) is 4.93. The summed E-state index contributed by atoms with van der Waals surface area (Å²) >= 11 is 3.23. The van der Waals surface area contributed by atoms with E-state index in [4.69, 9.17) is 5.73 Å². The molecular formula is C13H19BrN4O2. The molecule has 0 aliphatic carbocycles. The van der Waals surface area contributed by atoms with Gasteiger partial charge in [0.2, 0.25) is 5.82 Å². The van der Waals surface area contributed by atoms with Crippen molar-refractivity contribution in [2.45, 2.75) is 32.2 Å². The maximum Gasteiger partial charge on any atom is 0.312 e. The SMILES string of the molecule is CCC1CCN(c2ncc(Br)cc2[N+](=O)[O-])C(CN)C1. The minimum Gasteiger partial charge on any atom is -0.347 e.